The van der Waals surface area contributed by atoms with Crippen LogP contribution in [0.25, 0.3) is 0 Å². The van der Waals surface area contributed by atoms with Gasteiger partial charge in [0.25, 0.3) is 0 Å². The van der Waals surface area contributed by atoms with E-state index in [0.717, 1.165) is 19.0 Å². The molecule has 0 aromatic heterocycles. The van der Waals surface area contributed by atoms with Crippen molar-refractivity contribution in [1.82, 2.24) is 0 Å². The summed E-state index contributed by atoms with van der Waals surface area (Å²) in [7, 11) is 0. The van der Waals surface area contributed by atoms with E-state index in [-0.39, 0.29) is 5.54 Å². The highest BCUT2D eigenvalue weighted by molar-refractivity contribution is 5.69. The third-order valence-corrected chi connectivity index (χ3v) is 2.06. The van der Waals surface area contributed by atoms with Gasteiger partial charge in [0.05, 0.1) is 6.92 Å². The van der Waals surface area contributed by atoms with Crippen molar-refractivity contribution >= 4 is 5.90 Å². The Kier molecular flexibility index (Phi) is 2.03. The molecule has 1 aliphatic heterocycles. The maximum atomic E-state index is 5.43. The second kappa shape index (κ2) is 2.68. The topological polar surface area (TPSA) is 12.2 Å². The molecule has 0 aromatic carbocycles. The van der Waals surface area contributed by atoms with Crippen LogP contribution in [0.1, 0.15) is 20.8 Å². The Morgan fingerprint density at radius 3 is 2.73 bits per heavy atom. The van der Waals surface area contributed by atoms with E-state index in [0.29, 0.717) is 0 Å². The van der Waals surface area contributed by atoms with Crippen LogP contribution in [-0.4, -0.2) is 29.2 Å². The molecular weight excluding hydrogens is 138 g/mol. The van der Waals surface area contributed by atoms with Crippen molar-refractivity contribution in [2.75, 3.05) is 13.2 Å². The highest BCUT2D eigenvalue weighted by Crippen LogP contribution is 2.16. The molecule has 11 heavy (non-hydrogen) atoms. The third-order valence-electron chi connectivity index (χ3n) is 2.06. The Bertz CT molecular complexity index is 204. The van der Waals surface area contributed by atoms with Crippen LogP contribution in [0.5, 0.6) is 0 Å². The van der Waals surface area contributed by atoms with E-state index in [4.69, 9.17) is 4.74 Å². The molecule has 0 aromatic rings. The van der Waals surface area contributed by atoms with Crippen LogP contribution < -0.4 is 0 Å². The zero-order valence-corrected chi connectivity index (χ0v) is 7.55. The van der Waals surface area contributed by atoms with Crippen molar-refractivity contribution in [3.8, 4) is 0 Å². The van der Waals surface area contributed by atoms with Gasteiger partial charge < -0.3 is 4.74 Å². The number of ether oxygens (including phenoxy) is 1. The highest BCUT2D eigenvalue weighted by atomic mass is 16.5. The van der Waals surface area contributed by atoms with Crippen LogP contribution in [0.4, 0.5) is 0 Å². The van der Waals surface area contributed by atoms with Gasteiger partial charge in [-0.05, 0) is 6.08 Å². The van der Waals surface area contributed by atoms with E-state index in [2.05, 4.69) is 25.0 Å². The standard InChI is InChI=1S/C9H16NO/c1-5-6-10-8(2)11-7-9(10,3)4/h5H,1,6-7H2,2-4H3/q+1. The first-order valence-corrected chi connectivity index (χ1v) is 3.93. The van der Waals surface area contributed by atoms with Gasteiger partial charge in [-0.15, -0.1) is 0 Å². The Morgan fingerprint density at radius 1 is 1.73 bits per heavy atom. The number of hydrogen-bond donors (Lipinski definition) is 0. The predicted molar refractivity (Wildman–Crippen MR) is 46.0 cm³/mol. The molecule has 1 heterocycles. The number of rotatable bonds is 2. The summed E-state index contributed by atoms with van der Waals surface area (Å²) in [5.41, 5.74) is 0.137. The molecule has 1 rings (SSSR count). The lowest BCUT2D eigenvalue weighted by Crippen LogP contribution is -2.36. The molecule has 62 valence electrons. The van der Waals surface area contributed by atoms with Crippen molar-refractivity contribution < 1.29 is 9.31 Å². The van der Waals surface area contributed by atoms with Crippen molar-refractivity contribution in [3.05, 3.63) is 12.7 Å². The predicted octanol–water partition coefficient (Wildman–Crippen LogP) is 1.41. The molecule has 0 amide bonds. The highest BCUT2D eigenvalue weighted by Gasteiger charge is 2.39. The lowest BCUT2D eigenvalue weighted by molar-refractivity contribution is -0.581. The van der Waals surface area contributed by atoms with Crippen LogP contribution in [0.15, 0.2) is 12.7 Å². The lowest BCUT2D eigenvalue weighted by Gasteiger charge is -2.12. The molecule has 0 fully saturated rings. The zero-order valence-electron chi connectivity index (χ0n) is 7.55. The summed E-state index contributed by atoms with van der Waals surface area (Å²) in [6.45, 7) is 11.7. The van der Waals surface area contributed by atoms with Gasteiger partial charge in [-0.2, -0.15) is 4.58 Å². The van der Waals surface area contributed by atoms with Crippen molar-refractivity contribution in [3.63, 3.8) is 0 Å². The fourth-order valence-corrected chi connectivity index (χ4v) is 1.37. The minimum absolute atomic E-state index is 0.137. The Labute approximate surface area is 68.2 Å². The first-order chi connectivity index (χ1) is 5.08. The Balaban J connectivity index is 2.85. The quantitative estimate of drug-likeness (QED) is 0.432. The van der Waals surface area contributed by atoms with Gasteiger partial charge in [-0.3, -0.25) is 0 Å². The summed E-state index contributed by atoms with van der Waals surface area (Å²) in [6.07, 6.45) is 1.90. The smallest absolute Gasteiger partial charge is 0.334 e. The van der Waals surface area contributed by atoms with E-state index >= 15 is 0 Å². The van der Waals surface area contributed by atoms with E-state index < -0.39 is 0 Å². The minimum atomic E-state index is 0.137. The summed E-state index contributed by atoms with van der Waals surface area (Å²) in [5.74, 6) is 1.01. The molecule has 1 aliphatic rings. The maximum Gasteiger partial charge on any atom is 0.334 e. The van der Waals surface area contributed by atoms with Gasteiger partial charge in [0.2, 0.25) is 0 Å². The second-order valence-corrected chi connectivity index (χ2v) is 3.52. The zero-order chi connectivity index (χ0) is 8.48. The van der Waals surface area contributed by atoms with Crippen LogP contribution in [0.3, 0.4) is 0 Å². The van der Waals surface area contributed by atoms with Crippen molar-refractivity contribution in [2.24, 2.45) is 0 Å². The Hall–Kier alpha value is -0.790. The normalized spacial score (nSPS) is 21.7. The van der Waals surface area contributed by atoms with E-state index in [1.54, 1.807) is 0 Å². The van der Waals surface area contributed by atoms with Gasteiger partial charge in [-0.25, -0.2) is 0 Å². The van der Waals surface area contributed by atoms with Crippen LogP contribution in [0.2, 0.25) is 0 Å². The fraction of sp³-hybridized carbons (Fsp3) is 0.667. The maximum absolute atomic E-state index is 5.43. The molecule has 0 unspecified atom stereocenters. The second-order valence-electron chi connectivity index (χ2n) is 3.52. The van der Waals surface area contributed by atoms with Crippen LogP contribution in [0, 0.1) is 0 Å². The largest absolute Gasteiger partial charge is 0.441 e. The SMILES string of the molecule is C=CC[N+]1=C(C)OCC1(C)C. The van der Waals surface area contributed by atoms with E-state index in [1.807, 2.05) is 13.0 Å². The van der Waals surface area contributed by atoms with Gasteiger partial charge in [0.15, 0.2) is 18.7 Å². The molecule has 0 aliphatic carbocycles. The van der Waals surface area contributed by atoms with Crippen molar-refractivity contribution in [1.29, 1.82) is 0 Å². The average molecular weight is 154 g/mol. The van der Waals surface area contributed by atoms with E-state index in [1.165, 1.54) is 0 Å². The molecule has 0 spiro atoms. The van der Waals surface area contributed by atoms with Gasteiger partial charge in [0, 0.05) is 13.8 Å². The summed E-state index contributed by atoms with van der Waals surface area (Å²) >= 11 is 0. The molecule has 0 N–H and O–H groups in total. The summed E-state index contributed by atoms with van der Waals surface area (Å²) in [4.78, 5) is 0. The molecule has 2 heteroatoms. The van der Waals surface area contributed by atoms with E-state index in [9.17, 15) is 0 Å². The molecule has 0 bridgehead atoms. The van der Waals surface area contributed by atoms with Crippen LogP contribution >= 0.6 is 0 Å². The summed E-state index contributed by atoms with van der Waals surface area (Å²) in [6, 6.07) is 0. The summed E-state index contributed by atoms with van der Waals surface area (Å²) < 4.78 is 7.65. The fourth-order valence-electron chi connectivity index (χ4n) is 1.37. The average Bonchev–Trinajstić information content (AvgIpc) is 2.16. The number of hydrogen-bond acceptors (Lipinski definition) is 1. The first kappa shape index (κ1) is 8.31. The first-order valence-electron chi connectivity index (χ1n) is 3.93. The minimum Gasteiger partial charge on any atom is -0.441 e. The van der Waals surface area contributed by atoms with Crippen molar-refractivity contribution in [2.45, 2.75) is 26.3 Å². The molecular formula is C9H16NO+. The van der Waals surface area contributed by atoms with Gasteiger partial charge >= 0.3 is 5.90 Å². The third kappa shape index (κ3) is 1.44. The summed E-state index contributed by atoms with van der Waals surface area (Å²) in [5, 5.41) is 0. The molecule has 0 saturated carbocycles. The van der Waals surface area contributed by atoms with Crippen LogP contribution in [-0.2, 0) is 4.74 Å². The van der Waals surface area contributed by atoms with Gasteiger partial charge in [0.1, 0.15) is 0 Å². The molecule has 0 saturated heterocycles. The molecule has 0 atom stereocenters. The number of nitrogens with zero attached hydrogens (tertiary/aromatic N) is 1. The molecule has 0 radical (unpaired) electrons. The van der Waals surface area contributed by atoms with Gasteiger partial charge in [-0.1, -0.05) is 6.58 Å². The monoisotopic (exact) mass is 154 g/mol. The lowest BCUT2D eigenvalue weighted by atomic mass is 10.1. The molecule has 2 nitrogen and oxygen atoms in total. The Morgan fingerprint density at radius 2 is 2.36 bits per heavy atom.